The Labute approximate surface area is 152 Å². The van der Waals surface area contributed by atoms with Crippen LogP contribution in [0.15, 0.2) is 29.0 Å². The number of piperidine rings is 1. The minimum Gasteiger partial charge on any atom is -0.348 e. The number of carbonyl (C=O) groups is 1. The Hall–Kier alpha value is -1.14. The Balaban J connectivity index is 0.00000132. The summed E-state index contributed by atoms with van der Waals surface area (Å²) in [5.74, 6) is -0.0226. The molecule has 0 saturated carbocycles. The number of nitrogens with zero attached hydrogens (tertiary/aromatic N) is 1. The summed E-state index contributed by atoms with van der Waals surface area (Å²) in [6, 6.07) is 6.06. The van der Waals surface area contributed by atoms with Crippen LogP contribution in [0.25, 0.3) is 11.3 Å². The molecule has 0 spiro atoms. The summed E-state index contributed by atoms with van der Waals surface area (Å²) in [6.07, 6.45) is 2.15. The Kier molecular flexibility index (Phi) is 7.99. The van der Waals surface area contributed by atoms with E-state index in [4.69, 9.17) is 0 Å². The van der Waals surface area contributed by atoms with Gasteiger partial charge in [-0.1, -0.05) is 0 Å². The fourth-order valence-corrected chi connectivity index (χ4v) is 3.26. The number of hydrogen-bond donors (Lipinski definition) is 2. The second-order valence-corrected chi connectivity index (χ2v) is 6.14. The third-order valence-electron chi connectivity index (χ3n) is 3.78. The van der Waals surface area contributed by atoms with Crippen LogP contribution in [-0.4, -0.2) is 30.0 Å². The van der Waals surface area contributed by atoms with Crippen molar-refractivity contribution in [2.75, 3.05) is 13.1 Å². The first-order valence-corrected chi connectivity index (χ1v) is 8.20. The van der Waals surface area contributed by atoms with Crippen molar-refractivity contribution in [3.63, 3.8) is 0 Å². The molecule has 1 aliphatic rings. The third-order valence-corrected chi connectivity index (χ3v) is 4.46. The molecule has 1 aliphatic heterocycles. The van der Waals surface area contributed by atoms with Crippen molar-refractivity contribution < 1.29 is 4.79 Å². The summed E-state index contributed by atoms with van der Waals surface area (Å²) in [5.41, 5.74) is 3.47. The summed E-state index contributed by atoms with van der Waals surface area (Å²) < 4.78 is 0. The molecule has 126 valence electrons. The summed E-state index contributed by atoms with van der Waals surface area (Å²) in [6.45, 7) is 3.79. The van der Waals surface area contributed by atoms with E-state index in [2.05, 4.69) is 21.0 Å². The van der Waals surface area contributed by atoms with Gasteiger partial charge < -0.3 is 10.6 Å². The monoisotopic (exact) mass is 373 g/mol. The molecular formula is C16H21Cl2N3OS. The van der Waals surface area contributed by atoms with Gasteiger partial charge in [-0.3, -0.25) is 9.78 Å². The predicted octanol–water partition coefficient (Wildman–Crippen LogP) is 3.44. The first kappa shape index (κ1) is 19.9. The SMILES string of the molecule is Cc1nc(-c2ccsc2)ccc1C(=O)NC1CCCNC1.Cl.Cl. The molecule has 2 N–H and O–H groups in total. The Bertz CT molecular complexity index is 628. The number of amides is 1. The van der Waals surface area contributed by atoms with Crippen molar-refractivity contribution in [2.45, 2.75) is 25.8 Å². The van der Waals surface area contributed by atoms with Crippen molar-refractivity contribution in [2.24, 2.45) is 0 Å². The Morgan fingerprint density at radius 3 is 2.78 bits per heavy atom. The Morgan fingerprint density at radius 2 is 2.17 bits per heavy atom. The summed E-state index contributed by atoms with van der Waals surface area (Å²) in [4.78, 5) is 16.9. The van der Waals surface area contributed by atoms with Gasteiger partial charge in [0, 0.05) is 23.5 Å². The number of carbonyl (C=O) groups excluding carboxylic acids is 1. The molecule has 23 heavy (non-hydrogen) atoms. The summed E-state index contributed by atoms with van der Waals surface area (Å²) >= 11 is 1.65. The molecule has 1 fully saturated rings. The van der Waals surface area contributed by atoms with Gasteiger partial charge in [-0.25, -0.2) is 0 Å². The van der Waals surface area contributed by atoms with Crippen molar-refractivity contribution in [3.05, 3.63) is 40.2 Å². The van der Waals surface area contributed by atoms with E-state index >= 15 is 0 Å². The maximum absolute atomic E-state index is 12.4. The van der Waals surface area contributed by atoms with E-state index in [1.807, 2.05) is 30.5 Å². The first-order chi connectivity index (χ1) is 10.2. The van der Waals surface area contributed by atoms with Gasteiger partial charge in [0.1, 0.15) is 0 Å². The van der Waals surface area contributed by atoms with E-state index in [0.717, 1.165) is 42.9 Å². The first-order valence-electron chi connectivity index (χ1n) is 7.26. The van der Waals surface area contributed by atoms with Crippen LogP contribution in [0.2, 0.25) is 0 Å². The van der Waals surface area contributed by atoms with Crippen LogP contribution in [0.1, 0.15) is 28.9 Å². The lowest BCUT2D eigenvalue weighted by Crippen LogP contribution is -2.45. The van der Waals surface area contributed by atoms with Crippen molar-refractivity contribution in [1.29, 1.82) is 0 Å². The number of hydrogen-bond acceptors (Lipinski definition) is 4. The molecule has 0 radical (unpaired) electrons. The lowest BCUT2D eigenvalue weighted by atomic mass is 10.1. The van der Waals surface area contributed by atoms with Gasteiger partial charge in [-0.05, 0) is 49.9 Å². The van der Waals surface area contributed by atoms with Gasteiger partial charge in [0.05, 0.1) is 17.0 Å². The van der Waals surface area contributed by atoms with Crippen LogP contribution in [0.3, 0.4) is 0 Å². The van der Waals surface area contributed by atoms with E-state index in [0.29, 0.717) is 5.56 Å². The van der Waals surface area contributed by atoms with Crippen molar-refractivity contribution >= 4 is 42.1 Å². The quantitative estimate of drug-likeness (QED) is 0.865. The Morgan fingerprint density at radius 1 is 1.35 bits per heavy atom. The fraction of sp³-hybridized carbons (Fsp3) is 0.375. The van der Waals surface area contributed by atoms with Gasteiger partial charge >= 0.3 is 0 Å². The molecule has 1 amide bonds. The predicted molar refractivity (Wildman–Crippen MR) is 100 cm³/mol. The van der Waals surface area contributed by atoms with Crippen LogP contribution in [-0.2, 0) is 0 Å². The maximum atomic E-state index is 12.4. The topological polar surface area (TPSA) is 54.0 Å². The van der Waals surface area contributed by atoms with E-state index in [9.17, 15) is 4.79 Å². The molecule has 1 atom stereocenters. The van der Waals surface area contributed by atoms with E-state index < -0.39 is 0 Å². The lowest BCUT2D eigenvalue weighted by molar-refractivity contribution is 0.0929. The lowest BCUT2D eigenvalue weighted by Gasteiger charge is -2.24. The molecule has 7 heteroatoms. The average Bonchev–Trinajstić information content (AvgIpc) is 3.02. The van der Waals surface area contributed by atoms with E-state index in [1.54, 1.807) is 11.3 Å². The molecule has 4 nitrogen and oxygen atoms in total. The number of aromatic nitrogens is 1. The van der Waals surface area contributed by atoms with Crippen LogP contribution >= 0.6 is 36.2 Å². The molecule has 1 saturated heterocycles. The van der Waals surface area contributed by atoms with Crippen LogP contribution in [0, 0.1) is 6.92 Å². The third kappa shape index (κ3) is 4.91. The number of pyridine rings is 1. The molecular weight excluding hydrogens is 353 g/mol. The molecule has 0 bridgehead atoms. The van der Waals surface area contributed by atoms with Gasteiger partial charge in [0.15, 0.2) is 0 Å². The van der Waals surface area contributed by atoms with Gasteiger partial charge in [0.25, 0.3) is 5.91 Å². The molecule has 1 unspecified atom stereocenters. The summed E-state index contributed by atoms with van der Waals surface area (Å²) in [7, 11) is 0. The average molecular weight is 374 g/mol. The highest BCUT2D eigenvalue weighted by Crippen LogP contribution is 2.21. The number of halogens is 2. The highest BCUT2D eigenvalue weighted by atomic mass is 35.5. The zero-order valence-corrected chi connectivity index (χ0v) is 15.3. The summed E-state index contributed by atoms with van der Waals surface area (Å²) in [5, 5.41) is 10.5. The number of nitrogens with one attached hydrogen (secondary N) is 2. The largest absolute Gasteiger partial charge is 0.348 e. The van der Waals surface area contributed by atoms with Crippen LogP contribution < -0.4 is 10.6 Å². The fourth-order valence-electron chi connectivity index (χ4n) is 2.61. The molecule has 3 heterocycles. The minimum absolute atomic E-state index is 0. The van der Waals surface area contributed by atoms with Crippen molar-refractivity contribution in [3.8, 4) is 11.3 Å². The zero-order valence-electron chi connectivity index (χ0n) is 12.9. The smallest absolute Gasteiger partial charge is 0.253 e. The highest BCUT2D eigenvalue weighted by molar-refractivity contribution is 7.08. The van der Waals surface area contributed by atoms with Gasteiger partial charge in [-0.15, -0.1) is 24.8 Å². The minimum atomic E-state index is -0.0226. The van der Waals surface area contributed by atoms with Crippen LogP contribution in [0.4, 0.5) is 0 Å². The standard InChI is InChI=1S/C16H19N3OS.2ClH/c1-11-14(16(20)19-13-3-2-7-17-9-13)4-5-15(18-11)12-6-8-21-10-12;;/h4-6,8,10,13,17H,2-3,7,9H2,1H3,(H,19,20);2*1H. The number of aryl methyl sites for hydroxylation is 1. The second-order valence-electron chi connectivity index (χ2n) is 5.36. The zero-order chi connectivity index (χ0) is 14.7. The maximum Gasteiger partial charge on any atom is 0.253 e. The highest BCUT2D eigenvalue weighted by Gasteiger charge is 2.18. The molecule has 0 aliphatic carbocycles. The van der Waals surface area contributed by atoms with E-state index in [1.165, 1.54) is 0 Å². The van der Waals surface area contributed by atoms with Gasteiger partial charge in [0.2, 0.25) is 0 Å². The number of thiophene rings is 1. The number of rotatable bonds is 3. The molecule has 3 rings (SSSR count). The molecule has 2 aromatic heterocycles. The normalized spacial score (nSPS) is 16.8. The van der Waals surface area contributed by atoms with E-state index in [-0.39, 0.29) is 36.8 Å². The molecule has 0 aromatic carbocycles. The van der Waals surface area contributed by atoms with Gasteiger partial charge in [-0.2, -0.15) is 11.3 Å². The van der Waals surface area contributed by atoms with Crippen molar-refractivity contribution in [1.82, 2.24) is 15.6 Å². The molecule has 2 aromatic rings. The van der Waals surface area contributed by atoms with Crippen LogP contribution in [0.5, 0.6) is 0 Å². The second kappa shape index (κ2) is 9.23.